The van der Waals surface area contributed by atoms with E-state index in [0.717, 1.165) is 0 Å². The number of amides is 1. The summed E-state index contributed by atoms with van der Waals surface area (Å²) in [6.07, 6.45) is -0.656. The average molecular weight is 285 g/mol. The summed E-state index contributed by atoms with van der Waals surface area (Å²) in [4.78, 5) is 10.9. The maximum absolute atomic E-state index is 10.9. The van der Waals surface area contributed by atoms with Crippen LogP contribution in [0.3, 0.4) is 0 Å². The Labute approximate surface area is 116 Å². The summed E-state index contributed by atoms with van der Waals surface area (Å²) in [6.45, 7) is 0.133. The largest absolute Gasteiger partial charge is 0.467 e. The van der Waals surface area contributed by atoms with Crippen LogP contribution in [0.2, 0.25) is 0 Å². The second-order valence-corrected chi connectivity index (χ2v) is 3.78. The zero-order chi connectivity index (χ0) is 14.3. The third-order valence-electron chi connectivity index (χ3n) is 2.02. The molecule has 0 heterocycles. The zero-order valence-corrected chi connectivity index (χ0v) is 11.4. The van der Waals surface area contributed by atoms with Crippen molar-refractivity contribution in [3.63, 3.8) is 0 Å². The third-order valence-corrected chi connectivity index (χ3v) is 2.22. The number of thiocarbonyl (C=S) groups is 1. The number of carbonyl (C=O) groups is 1. The normalized spacial score (nSPS) is 9.58. The predicted octanol–water partition coefficient (Wildman–Crippen LogP) is 1.30. The first-order chi connectivity index (χ1) is 9.06. The Balaban J connectivity index is 2.64. The van der Waals surface area contributed by atoms with Crippen LogP contribution >= 0.6 is 12.2 Å². The molecule has 104 valence electrons. The van der Waals surface area contributed by atoms with Crippen LogP contribution in [0.25, 0.3) is 0 Å². The van der Waals surface area contributed by atoms with E-state index in [1.807, 2.05) is 0 Å². The van der Waals surface area contributed by atoms with Gasteiger partial charge in [-0.25, -0.2) is 4.79 Å². The molecule has 0 aliphatic heterocycles. The summed E-state index contributed by atoms with van der Waals surface area (Å²) in [5, 5.41) is 5.16. The monoisotopic (exact) mass is 285 g/mol. The van der Waals surface area contributed by atoms with Crippen molar-refractivity contribution < 1.29 is 19.0 Å². The Kier molecular flexibility index (Phi) is 5.83. The number of nitrogens with two attached hydrogens (primary N) is 1. The fourth-order valence-corrected chi connectivity index (χ4v) is 1.36. The molecule has 0 atom stereocenters. The number of hydrogen-bond acceptors (Lipinski definition) is 6. The molecule has 0 fully saturated rings. The number of carbonyl (C=O) groups excluding carboxylic acids is 1. The molecule has 7 nitrogen and oxygen atoms in total. The number of nitrogens with one attached hydrogen (secondary N) is 2. The van der Waals surface area contributed by atoms with E-state index in [0.29, 0.717) is 17.1 Å². The number of ether oxygens (including phenoxy) is 3. The molecule has 1 amide bonds. The van der Waals surface area contributed by atoms with Gasteiger partial charge in [-0.05, 0) is 24.4 Å². The van der Waals surface area contributed by atoms with Crippen molar-refractivity contribution in [2.75, 3.05) is 32.1 Å². The van der Waals surface area contributed by atoms with E-state index in [-0.39, 0.29) is 11.9 Å². The summed E-state index contributed by atoms with van der Waals surface area (Å²) in [7, 11) is 2.77. The van der Waals surface area contributed by atoms with E-state index in [1.165, 1.54) is 14.2 Å². The van der Waals surface area contributed by atoms with Crippen LogP contribution in [0, 0.1) is 0 Å². The van der Waals surface area contributed by atoms with Crippen molar-refractivity contribution in [3.8, 4) is 5.75 Å². The second-order valence-electron chi connectivity index (χ2n) is 3.37. The lowest BCUT2D eigenvalue weighted by Gasteiger charge is -2.12. The number of benzene rings is 1. The van der Waals surface area contributed by atoms with Crippen LogP contribution in [0.15, 0.2) is 18.2 Å². The molecule has 0 aromatic heterocycles. The van der Waals surface area contributed by atoms with E-state index in [4.69, 9.17) is 27.4 Å². The molecule has 0 bridgehead atoms. The van der Waals surface area contributed by atoms with Crippen LogP contribution in [-0.2, 0) is 9.47 Å². The van der Waals surface area contributed by atoms with Crippen LogP contribution < -0.4 is 21.1 Å². The Bertz CT molecular complexity index is 467. The van der Waals surface area contributed by atoms with Gasteiger partial charge in [-0.2, -0.15) is 0 Å². The van der Waals surface area contributed by atoms with E-state index in [9.17, 15) is 4.79 Å². The second kappa shape index (κ2) is 7.39. The average Bonchev–Trinajstić information content (AvgIpc) is 2.39. The Morgan fingerprint density at radius 3 is 2.74 bits per heavy atom. The number of alkyl carbamates (subject to hydrolysis) is 1. The van der Waals surface area contributed by atoms with Crippen molar-refractivity contribution in [2.24, 2.45) is 0 Å². The highest BCUT2D eigenvalue weighted by Gasteiger charge is 2.06. The quantitative estimate of drug-likeness (QED) is 0.436. The van der Waals surface area contributed by atoms with Gasteiger partial charge < -0.3 is 25.3 Å². The van der Waals surface area contributed by atoms with Gasteiger partial charge in [-0.1, -0.05) is 0 Å². The van der Waals surface area contributed by atoms with Crippen LogP contribution in [-0.4, -0.2) is 32.2 Å². The van der Waals surface area contributed by atoms with Gasteiger partial charge in [0, 0.05) is 13.2 Å². The smallest absolute Gasteiger partial charge is 0.413 e. The summed E-state index contributed by atoms with van der Waals surface area (Å²) < 4.78 is 14.4. The first-order valence-electron chi connectivity index (χ1n) is 5.24. The van der Waals surface area contributed by atoms with Gasteiger partial charge in [0.1, 0.15) is 5.75 Å². The van der Waals surface area contributed by atoms with Crippen LogP contribution in [0.1, 0.15) is 0 Å². The molecule has 1 rings (SSSR count). The molecular weight excluding hydrogens is 270 g/mol. The predicted molar refractivity (Wildman–Crippen MR) is 75.1 cm³/mol. The fraction of sp³-hybridized carbons (Fsp3) is 0.273. The van der Waals surface area contributed by atoms with Gasteiger partial charge in [-0.15, -0.1) is 0 Å². The minimum Gasteiger partial charge on any atom is -0.467 e. The van der Waals surface area contributed by atoms with Crippen molar-refractivity contribution in [1.29, 1.82) is 0 Å². The van der Waals surface area contributed by atoms with Gasteiger partial charge in [0.15, 0.2) is 11.9 Å². The minimum absolute atomic E-state index is 0.0871. The molecule has 0 spiro atoms. The topological polar surface area (TPSA) is 94.8 Å². The van der Waals surface area contributed by atoms with E-state index in [1.54, 1.807) is 18.2 Å². The molecular formula is C11H15N3O4S. The SMILES string of the molecule is COCOc1ccc(NC(=S)NC(=O)OC)c(N)c1. The van der Waals surface area contributed by atoms with Gasteiger partial charge in [0.2, 0.25) is 0 Å². The molecule has 1 aromatic rings. The Morgan fingerprint density at radius 1 is 1.42 bits per heavy atom. The first kappa shape index (κ1) is 15.0. The molecule has 0 aliphatic rings. The number of hydrogen-bond donors (Lipinski definition) is 3. The summed E-state index contributed by atoms with van der Waals surface area (Å²) in [6, 6.07) is 4.98. The lowest BCUT2D eigenvalue weighted by Crippen LogP contribution is -2.34. The summed E-state index contributed by atoms with van der Waals surface area (Å²) in [5.74, 6) is 0.566. The van der Waals surface area contributed by atoms with E-state index in [2.05, 4.69) is 15.4 Å². The van der Waals surface area contributed by atoms with Gasteiger partial charge in [0.25, 0.3) is 0 Å². The summed E-state index contributed by atoms with van der Waals surface area (Å²) >= 11 is 4.91. The maximum atomic E-state index is 10.9. The lowest BCUT2D eigenvalue weighted by molar-refractivity contribution is 0.0512. The highest BCUT2D eigenvalue weighted by Crippen LogP contribution is 2.24. The highest BCUT2D eigenvalue weighted by atomic mass is 32.1. The van der Waals surface area contributed by atoms with Gasteiger partial charge in [0.05, 0.1) is 18.5 Å². The first-order valence-corrected chi connectivity index (χ1v) is 5.65. The van der Waals surface area contributed by atoms with Crippen molar-refractivity contribution in [1.82, 2.24) is 5.32 Å². The van der Waals surface area contributed by atoms with E-state index >= 15 is 0 Å². The number of nitrogen functional groups attached to an aromatic ring is 1. The van der Waals surface area contributed by atoms with Gasteiger partial charge >= 0.3 is 6.09 Å². The molecule has 0 saturated heterocycles. The number of rotatable bonds is 4. The number of methoxy groups -OCH3 is 2. The third kappa shape index (κ3) is 4.98. The Morgan fingerprint density at radius 2 is 2.16 bits per heavy atom. The van der Waals surface area contributed by atoms with E-state index < -0.39 is 6.09 Å². The highest BCUT2D eigenvalue weighted by molar-refractivity contribution is 7.80. The molecule has 4 N–H and O–H groups in total. The fourth-order valence-electron chi connectivity index (χ4n) is 1.17. The van der Waals surface area contributed by atoms with Crippen molar-refractivity contribution in [2.45, 2.75) is 0 Å². The van der Waals surface area contributed by atoms with Gasteiger partial charge in [-0.3, -0.25) is 5.32 Å². The molecule has 0 saturated carbocycles. The van der Waals surface area contributed by atoms with Crippen molar-refractivity contribution >= 4 is 34.8 Å². The molecule has 19 heavy (non-hydrogen) atoms. The maximum Gasteiger partial charge on any atom is 0.413 e. The molecule has 0 unspecified atom stereocenters. The summed E-state index contributed by atoms with van der Waals surface area (Å²) in [5.41, 5.74) is 6.78. The van der Waals surface area contributed by atoms with Crippen LogP contribution in [0.4, 0.5) is 16.2 Å². The van der Waals surface area contributed by atoms with Crippen molar-refractivity contribution in [3.05, 3.63) is 18.2 Å². The molecule has 0 aliphatic carbocycles. The molecule has 0 radical (unpaired) electrons. The molecule has 8 heteroatoms. The molecule has 1 aromatic carbocycles. The number of anilines is 2. The van der Waals surface area contributed by atoms with Crippen LogP contribution in [0.5, 0.6) is 5.75 Å². The standard InChI is InChI=1S/C11H15N3O4S/c1-16-6-18-7-3-4-9(8(12)5-7)13-10(19)14-11(15)17-2/h3-5H,6,12H2,1-2H3,(H2,13,14,15,19). The Hall–Kier alpha value is -2.06. The minimum atomic E-state index is -0.656. The zero-order valence-electron chi connectivity index (χ0n) is 10.6. The lowest BCUT2D eigenvalue weighted by atomic mass is 10.2.